The van der Waals surface area contributed by atoms with Crippen LogP contribution < -0.4 is 10.6 Å². The van der Waals surface area contributed by atoms with Gasteiger partial charge in [0.2, 0.25) is 5.95 Å². The lowest BCUT2D eigenvalue weighted by Crippen LogP contribution is -2.41. The number of halogens is 1. The molecule has 2 atom stereocenters. The summed E-state index contributed by atoms with van der Waals surface area (Å²) in [6.07, 6.45) is 9.18. The summed E-state index contributed by atoms with van der Waals surface area (Å²) in [6.45, 7) is 3.23. The minimum Gasteiger partial charge on any atom is -0.357 e. The van der Waals surface area contributed by atoms with Crippen molar-refractivity contribution in [1.29, 1.82) is 0 Å². The number of rotatable bonds is 8. The van der Waals surface area contributed by atoms with Gasteiger partial charge < -0.3 is 15.5 Å². The summed E-state index contributed by atoms with van der Waals surface area (Å²) >= 11 is 1.90. The molecule has 25 heavy (non-hydrogen) atoms. The Morgan fingerprint density at radius 3 is 2.64 bits per heavy atom. The monoisotopic (exact) mass is 385 g/mol. The average molecular weight is 386 g/mol. The number of anilines is 1. The van der Waals surface area contributed by atoms with Crippen molar-refractivity contribution in [2.75, 3.05) is 44.0 Å². The maximum absolute atomic E-state index is 12.5. The molecule has 0 radical (unpaired) electrons. The lowest BCUT2D eigenvalue weighted by molar-refractivity contribution is 0.0927. The van der Waals surface area contributed by atoms with Gasteiger partial charge in [-0.1, -0.05) is 0 Å². The Hall–Kier alpha value is -1.05. The van der Waals surface area contributed by atoms with Gasteiger partial charge >= 0.3 is 0 Å². The van der Waals surface area contributed by atoms with Gasteiger partial charge in [-0.25, -0.2) is 9.97 Å². The fourth-order valence-corrected chi connectivity index (χ4v) is 3.93. The van der Waals surface area contributed by atoms with Crippen LogP contribution in [0.25, 0.3) is 0 Å². The number of hydrogen-bond donors (Lipinski definition) is 2. The molecule has 2 heterocycles. The van der Waals surface area contributed by atoms with E-state index in [0.29, 0.717) is 17.4 Å². The zero-order chi connectivity index (χ0) is 16.9. The molecule has 0 aromatic carbocycles. The van der Waals surface area contributed by atoms with Gasteiger partial charge in [-0.3, -0.25) is 4.79 Å². The predicted molar refractivity (Wildman–Crippen MR) is 106 cm³/mol. The summed E-state index contributed by atoms with van der Waals surface area (Å²) in [5, 5.41) is 6.10. The zero-order valence-corrected chi connectivity index (χ0v) is 16.5. The van der Waals surface area contributed by atoms with Crippen molar-refractivity contribution in [1.82, 2.24) is 20.2 Å². The first kappa shape index (κ1) is 20.3. The van der Waals surface area contributed by atoms with Gasteiger partial charge in [-0.2, -0.15) is 11.8 Å². The minimum absolute atomic E-state index is 0. The van der Waals surface area contributed by atoms with E-state index in [2.05, 4.69) is 31.8 Å². The summed E-state index contributed by atoms with van der Waals surface area (Å²) in [5.74, 6) is 3.07. The fourth-order valence-electron chi connectivity index (χ4n) is 3.51. The molecule has 1 saturated carbocycles. The van der Waals surface area contributed by atoms with Crippen LogP contribution in [0.2, 0.25) is 0 Å². The Bertz CT molecular complexity index is 554. The molecule has 2 aliphatic rings. The Labute approximate surface area is 160 Å². The standard InChI is InChI=1S/C17H27N5OS.ClH/c1-18-17-19-8-13(9-20-17)16(23)21-15-11-22(6-3-7-24-2)10-14(15)12-4-5-12;/h8-9,12,14-15H,3-7,10-11H2,1-2H3,(H,21,23)(H,18,19,20);1H/t14-,15+;/m1./s1. The highest BCUT2D eigenvalue weighted by molar-refractivity contribution is 7.98. The average Bonchev–Trinajstić information content (AvgIpc) is 3.37. The maximum Gasteiger partial charge on any atom is 0.254 e. The van der Waals surface area contributed by atoms with E-state index in [1.165, 1.54) is 25.0 Å². The number of amides is 1. The Kier molecular flexibility index (Phi) is 7.78. The molecule has 1 saturated heterocycles. The van der Waals surface area contributed by atoms with Crippen LogP contribution in [0.3, 0.4) is 0 Å². The van der Waals surface area contributed by atoms with E-state index in [1.807, 2.05) is 11.8 Å². The van der Waals surface area contributed by atoms with Gasteiger partial charge in [0.05, 0.1) is 5.56 Å². The predicted octanol–water partition coefficient (Wildman–Crippen LogP) is 2.13. The first-order valence-corrected chi connectivity index (χ1v) is 10.1. The van der Waals surface area contributed by atoms with Crippen LogP contribution in [0.1, 0.15) is 29.6 Å². The molecule has 2 fully saturated rings. The first-order valence-electron chi connectivity index (χ1n) is 8.73. The third kappa shape index (κ3) is 5.46. The summed E-state index contributed by atoms with van der Waals surface area (Å²) in [5.41, 5.74) is 0.532. The molecule has 0 bridgehead atoms. The number of thioether (sulfide) groups is 1. The fraction of sp³-hybridized carbons (Fsp3) is 0.706. The van der Waals surface area contributed by atoms with Crippen molar-refractivity contribution in [2.24, 2.45) is 11.8 Å². The van der Waals surface area contributed by atoms with E-state index < -0.39 is 0 Å². The smallest absolute Gasteiger partial charge is 0.254 e. The Morgan fingerprint density at radius 2 is 2.04 bits per heavy atom. The van der Waals surface area contributed by atoms with E-state index in [4.69, 9.17) is 0 Å². The molecule has 1 amide bonds. The van der Waals surface area contributed by atoms with Gasteiger partial charge in [0.15, 0.2) is 0 Å². The molecule has 3 rings (SSSR count). The number of carbonyl (C=O) groups excluding carboxylic acids is 1. The third-order valence-corrected chi connectivity index (χ3v) is 5.64. The van der Waals surface area contributed by atoms with Crippen molar-refractivity contribution < 1.29 is 4.79 Å². The largest absolute Gasteiger partial charge is 0.357 e. The molecular weight excluding hydrogens is 358 g/mol. The van der Waals surface area contributed by atoms with Crippen molar-refractivity contribution in [2.45, 2.75) is 25.3 Å². The van der Waals surface area contributed by atoms with Gasteiger partial charge in [0.1, 0.15) is 0 Å². The van der Waals surface area contributed by atoms with Crippen LogP contribution in [0.15, 0.2) is 12.4 Å². The van der Waals surface area contributed by atoms with Crippen molar-refractivity contribution in [3.63, 3.8) is 0 Å². The zero-order valence-electron chi connectivity index (χ0n) is 14.9. The maximum atomic E-state index is 12.5. The van der Waals surface area contributed by atoms with Crippen LogP contribution in [-0.2, 0) is 0 Å². The Morgan fingerprint density at radius 1 is 1.32 bits per heavy atom. The topological polar surface area (TPSA) is 70.2 Å². The van der Waals surface area contributed by atoms with E-state index in [-0.39, 0.29) is 24.4 Å². The second-order valence-electron chi connectivity index (χ2n) is 6.73. The molecule has 140 valence electrons. The number of likely N-dealkylation sites (tertiary alicyclic amines) is 1. The van der Waals surface area contributed by atoms with Crippen molar-refractivity contribution in [3.05, 3.63) is 18.0 Å². The molecule has 1 aromatic rings. The summed E-state index contributed by atoms with van der Waals surface area (Å²) in [4.78, 5) is 23.3. The van der Waals surface area contributed by atoms with Crippen LogP contribution in [0.4, 0.5) is 5.95 Å². The SMILES string of the molecule is CNc1ncc(C(=O)N[C@H]2CN(CCCSC)C[C@@H]2C2CC2)cn1.Cl. The van der Waals surface area contributed by atoms with E-state index in [0.717, 1.165) is 25.6 Å². The highest BCUT2D eigenvalue weighted by Gasteiger charge is 2.42. The molecule has 1 aliphatic carbocycles. The quantitative estimate of drug-likeness (QED) is 0.668. The number of nitrogens with zero attached hydrogens (tertiary/aromatic N) is 3. The number of nitrogens with one attached hydrogen (secondary N) is 2. The Balaban J connectivity index is 0.00000225. The molecule has 0 spiro atoms. The van der Waals surface area contributed by atoms with Crippen molar-refractivity contribution >= 4 is 36.0 Å². The molecule has 8 heteroatoms. The van der Waals surface area contributed by atoms with Gasteiger partial charge in [0, 0.05) is 38.6 Å². The number of hydrogen-bond acceptors (Lipinski definition) is 6. The highest BCUT2D eigenvalue weighted by atomic mass is 35.5. The summed E-state index contributed by atoms with van der Waals surface area (Å²) in [7, 11) is 1.76. The normalized spacial score (nSPS) is 23.1. The molecule has 1 aliphatic heterocycles. The second kappa shape index (κ2) is 9.59. The molecule has 2 N–H and O–H groups in total. The molecule has 6 nitrogen and oxygen atoms in total. The lowest BCUT2D eigenvalue weighted by atomic mass is 9.98. The van der Waals surface area contributed by atoms with Gasteiger partial charge in [-0.05, 0) is 49.7 Å². The second-order valence-corrected chi connectivity index (χ2v) is 7.72. The van der Waals surface area contributed by atoms with Crippen LogP contribution in [-0.4, -0.2) is 65.5 Å². The molecular formula is C17H28ClN5OS. The first-order chi connectivity index (χ1) is 11.7. The van der Waals surface area contributed by atoms with Crippen LogP contribution in [0, 0.1) is 11.8 Å². The van der Waals surface area contributed by atoms with Crippen molar-refractivity contribution in [3.8, 4) is 0 Å². The minimum atomic E-state index is -0.0562. The van der Waals surface area contributed by atoms with E-state index >= 15 is 0 Å². The third-order valence-electron chi connectivity index (χ3n) is 4.95. The number of aromatic nitrogens is 2. The summed E-state index contributed by atoms with van der Waals surface area (Å²) < 4.78 is 0. The van der Waals surface area contributed by atoms with E-state index in [9.17, 15) is 4.79 Å². The summed E-state index contributed by atoms with van der Waals surface area (Å²) in [6, 6.07) is 0.253. The molecule has 1 aromatic heterocycles. The van der Waals surface area contributed by atoms with Gasteiger partial charge in [-0.15, -0.1) is 12.4 Å². The number of carbonyl (C=O) groups is 1. The highest BCUT2D eigenvalue weighted by Crippen LogP contribution is 2.41. The van der Waals surface area contributed by atoms with Crippen LogP contribution >= 0.6 is 24.2 Å². The lowest BCUT2D eigenvalue weighted by Gasteiger charge is -2.19. The van der Waals surface area contributed by atoms with Crippen LogP contribution in [0.5, 0.6) is 0 Å². The molecule has 0 unspecified atom stereocenters. The van der Waals surface area contributed by atoms with E-state index in [1.54, 1.807) is 19.4 Å². The van der Waals surface area contributed by atoms with Gasteiger partial charge in [0.25, 0.3) is 5.91 Å².